The number of nitrogens with zero attached hydrogens (tertiary/aromatic N) is 1. The van der Waals surface area contributed by atoms with Gasteiger partial charge in [-0.05, 0) is 30.5 Å². The van der Waals surface area contributed by atoms with E-state index in [9.17, 15) is 5.11 Å². The molecule has 0 spiro atoms. The van der Waals surface area contributed by atoms with Crippen molar-refractivity contribution in [3.05, 3.63) is 65.0 Å². The zero-order valence-electron chi connectivity index (χ0n) is 10.9. The third-order valence-corrected chi connectivity index (χ3v) is 3.59. The lowest BCUT2D eigenvalue weighted by molar-refractivity contribution is -0.0484. The van der Waals surface area contributed by atoms with Crippen molar-refractivity contribution in [2.75, 3.05) is 6.61 Å². The van der Waals surface area contributed by atoms with Crippen LogP contribution >= 0.6 is 0 Å². The molecule has 3 heteroatoms. The van der Waals surface area contributed by atoms with Crippen molar-refractivity contribution in [3.63, 3.8) is 0 Å². The van der Waals surface area contributed by atoms with E-state index in [1.54, 1.807) is 6.20 Å². The van der Waals surface area contributed by atoms with Gasteiger partial charge in [-0.3, -0.25) is 4.98 Å². The highest BCUT2D eigenvalue weighted by atomic mass is 16.5. The van der Waals surface area contributed by atoms with Gasteiger partial charge >= 0.3 is 0 Å². The lowest BCUT2D eigenvalue weighted by Crippen LogP contribution is -2.22. The molecule has 1 aromatic carbocycles. The predicted molar refractivity (Wildman–Crippen MR) is 72.8 cm³/mol. The summed E-state index contributed by atoms with van der Waals surface area (Å²) in [7, 11) is 0. The second-order valence-corrected chi connectivity index (χ2v) is 4.92. The summed E-state index contributed by atoms with van der Waals surface area (Å²) in [5, 5.41) is 10.5. The second kappa shape index (κ2) is 5.11. The van der Waals surface area contributed by atoms with Crippen molar-refractivity contribution < 1.29 is 9.84 Å². The molecule has 1 aliphatic heterocycles. The van der Waals surface area contributed by atoms with Crippen molar-refractivity contribution in [2.24, 2.45) is 0 Å². The standard InChI is InChI=1S/C16H17NO2/c1-11-6-7-13(10-17-11)15(18)16-14-5-3-2-4-12(14)8-9-19-16/h2-7,10,15-16,18H,8-9H2,1H3. The summed E-state index contributed by atoms with van der Waals surface area (Å²) < 4.78 is 5.77. The van der Waals surface area contributed by atoms with Crippen LogP contribution in [0.5, 0.6) is 0 Å². The predicted octanol–water partition coefficient (Wildman–Crippen LogP) is 2.74. The number of pyridine rings is 1. The van der Waals surface area contributed by atoms with Gasteiger partial charge in [-0.1, -0.05) is 30.3 Å². The van der Waals surface area contributed by atoms with Crippen LogP contribution in [0.1, 0.15) is 34.6 Å². The van der Waals surface area contributed by atoms with E-state index in [1.807, 2.05) is 37.3 Å². The average molecular weight is 255 g/mol. The van der Waals surface area contributed by atoms with Crippen molar-refractivity contribution >= 4 is 0 Å². The Labute approximate surface area is 112 Å². The van der Waals surface area contributed by atoms with Crippen molar-refractivity contribution in [3.8, 4) is 0 Å². The van der Waals surface area contributed by atoms with Gasteiger partial charge in [0, 0.05) is 17.5 Å². The first-order valence-corrected chi connectivity index (χ1v) is 6.56. The largest absolute Gasteiger partial charge is 0.385 e. The number of aliphatic hydroxyl groups is 1. The van der Waals surface area contributed by atoms with Crippen molar-refractivity contribution in [1.29, 1.82) is 0 Å². The van der Waals surface area contributed by atoms with E-state index in [2.05, 4.69) is 11.1 Å². The summed E-state index contributed by atoms with van der Waals surface area (Å²) in [6, 6.07) is 12.0. The number of aryl methyl sites for hydroxylation is 1. The van der Waals surface area contributed by atoms with Crippen LogP contribution in [-0.4, -0.2) is 16.7 Å². The molecule has 0 radical (unpaired) electrons. The molecule has 98 valence electrons. The van der Waals surface area contributed by atoms with E-state index in [4.69, 9.17) is 4.74 Å². The molecule has 0 saturated heterocycles. The summed E-state index contributed by atoms with van der Waals surface area (Å²) in [5.74, 6) is 0. The van der Waals surface area contributed by atoms with Gasteiger partial charge in [-0.25, -0.2) is 0 Å². The first-order valence-electron chi connectivity index (χ1n) is 6.56. The molecule has 0 fully saturated rings. The van der Waals surface area contributed by atoms with Gasteiger partial charge in [0.05, 0.1) is 6.61 Å². The Bertz CT molecular complexity index is 565. The minimum atomic E-state index is -0.672. The first-order chi connectivity index (χ1) is 9.25. The Hall–Kier alpha value is -1.71. The molecule has 0 amide bonds. The maximum absolute atomic E-state index is 10.5. The highest BCUT2D eigenvalue weighted by Gasteiger charge is 2.28. The van der Waals surface area contributed by atoms with Gasteiger partial charge in [0.1, 0.15) is 12.2 Å². The Morgan fingerprint density at radius 1 is 1.26 bits per heavy atom. The smallest absolute Gasteiger partial charge is 0.113 e. The number of ether oxygens (including phenoxy) is 1. The first kappa shape index (κ1) is 12.3. The summed E-state index contributed by atoms with van der Waals surface area (Å²) >= 11 is 0. The van der Waals surface area contributed by atoms with Crippen LogP contribution in [0.15, 0.2) is 42.6 Å². The van der Waals surface area contributed by atoms with Gasteiger partial charge in [0.15, 0.2) is 0 Å². The lowest BCUT2D eigenvalue weighted by atomic mass is 9.92. The fourth-order valence-corrected chi connectivity index (χ4v) is 2.52. The van der Waals surface area contributed by atoms with Crippen LogP contribution in [0.25, 0.3) is 0 Å². The Morgan fingerprint density at radius 3 is 2.89 bits per heavy atom. The number of aliphatic hydroxyl groups excluding tert-OH is 1. The lowest BCUT2D eigenvalue weighted by Gasteiger charge is -2.29. The van der Waals surface area contributed by atoms with Crippen LogP contribution in [0.2, 0.25) is 0 Å². The van der Waals surface area contributed by atoms with Crippen LogP contribution in [0.3, 0.4) is 0 Å². The average Bonchev–Trinajstić information content (AvgIpc) is 2.47. The molecular weight excluding hydrogens is 238 g/mol. The van der Waals surface area contributed by atoms with E-state index in [0.29, 0.717) is 6.61 Å². The molecule has 0 saturated carbocycles. The van der Waals surface area contributed by atoms with Crippen LogP contribution in [0.4, 0.5) is 0 Å². The van der Waals surface area contributed by atoms with Crippen LogP contribution in [0, 0.1) is 6.92 Å². The number of hydrogen-bond donors (Lipinski definition) is 1. The van der Waals surface area contributed by atoms with Crippen LogP contribution in [-0.2, 0) is 11.2 Å². The number of rotatable bonds is 2. The molecule has 2 unspecified atom stereocenters. The van der Waals surface area contributed by atoms with Crippen molar-refractivity contribution in [1.82, 2.24) is 4.98 Å². The Balaban J connectivity index is 1.92. The molecule has 2 atom stereocenters. The van der Waals surface area contributed by atoms with Gasteiger partial charge in [0.25, 0.3) is 0 Å². The molecule has 2 aromatic rings. The van der Waals surface area contributed by atoms with Gasteiger partial charge in [-0.2, -0.15) is 0 Å². The topological polar surface area (TPSA) is 42.4 Å². The van der Waals surface area contributed by atoms with Crippen LogP contribution < -0.4 is 0 Å². The fraction of sp³-hybridized carbons (Fsp3) is 0.312. The highest BCUT2D eigenvalue weighted by molar-refractivity contribution is 5.33. The summed E-state index contributed by atoms with van der Waals surface area (Å²) in [6.45, 7) is 2.58. The second-order valence-electron chi connectivity index (χ2n) is 4.92. The zero-order valence-corrected chi connectivity index (χ0v) is 10.9. The maximum Gasteiger partial charge on any atom is 0.113 e. The molecule has 0 aliphatic carbocycles. The zero-order chi connectivity index (χ0) is 13.2. The number of hydrogen-bond acceptors (Lipinski definition) is 3. The molecule has 0 bridgehead atoms. The third kappa shape index (κ3) is 2.39. The van der Waals surface area contributed by atoms with Gasteiger partial charge < -0.3 is 9.84 Å². The maximum atomic E-state index is 10.5. The monoisotopic (exact) mass is 255 g/mol. The summed E-state index contributed by atoms with van der Waals surface area (Å²) in [6.07, 6.45) is 1.66. The fourth-order valence-electron chi connectivity index (χ4n) is 2.52. The van der Waals surface area contributed by atoms with E-state index in [0.717, 1.165) is 23.2 Å². The highest BCUT2D eigenvalue weighted by Crippen LogP contribution is 2.36. The number of benzene rings is 1. The number of fused-ring (bicyclic) bond motifs is 1. The molecule has 3 rings (SSSR count). The molecule has 3 nitrogen and oxygen atoms in total. The third-order valence-electron chi connectivity index (χ3n) is 3.59. The minimum absolute atomic E-state index is 0.297. The minimum Gasteiger partial charge on any atom is -0.385 e. The van der Waals surface area contributed by atoms with E-state index >= 15 is 0 Å². The molecule has 1 N–H and O–H groups in total. The summed E-state index contributed by atoms with van der Waals surface area (Å²) in [5.41, 5.74) is 4.09. The molecule has 19 heavy (non-hydrogen) atoms. The van der Waals surface area contributed by atoms with E-state index in [-0.39, 0.29) is 6.10 Å². The van der Waals surface area contributed by atoms with E-state index < -0.39 is 6.10 Å². The Kier molecular flexibility index (Phi) is 3.32. The summed E-state index contributed by atoms with van der Waals surface area (Å²) in [4.78, 5) is 4.24. The molecule has 1 aromatic heterocycles. The molecule has 2 heterocycles. The molecule has 1 aliphatic rings. The van der Waals surface area contributed by atoms with E-state index in [1.165, 1.54) is 5.56 Å². The SMILES string of the molecule is Cc1ccc(C(O)C2OCCc3ccccc32)cn1. The van der Waals surface area contributed by atoms with Gasteiger partial charge in [-0.15, -0.1) is 0 Å². The normalized spacial score (nSPS) is 19.8. The van der Waals surface area contributed by atoms with Gasteiger partial charge in [0.2, 0.25) is 0 Å². The molecular formula is C16H17NO2. The van der Waals surface area contributed by atoms with Crippen molar-refractivity contribution in [2.45, 2.75) is 25.6 Å². The quantitative estimate of drug-likeness (QED) is 0.897. The Morgan fingerprint density at radius 2 is 2.11 bits per heavy atom. The number of aromatic nitrogens is 1.